The lowest BCUT2D eigenvalue weighted by atomic mass is 10.1. The molecule has 0 saturated carbocycles. The lowest BCUT2D eigenvalue weighted by Gasteiger charge is -2.32. The number of rotatable bonds is 8. The van der Waals surface area contributed by atoms with Gasteiger partial charge in [0.05, 0.1) is 13.1 Å². The van der Waals surface area contributed by atoms with Crippen LogP contribution in [-0.2, 0) is 6.54 Å². The number of aromatic nitrogens is 2. The molecule has 2 heterocycles. The van der Waals surface area contributed by atoms with Crippen molar-refractivity contribution in [3.63, 3.8) is 0 Å². The summed E-state index contributed by atoms with van der Waals surface area (Å²) in [5.41, 5.74) is 14.9. The standard InChI is InChI=1S/C25H31N7O2/c1-28-23-22(24(34)29-14-21(33)17-8-3-2-4-9-17)32(15-18-10-5-6-12-20(18)27)25(30-23)31-13-7-11-19(26)16-31/h2-6,8-10,12,19,28H,7,11,13-16,26-27H2,1H3,(H,29,34). The number of nitrogen functional groups attached to an aromatic ring is 1. The summed E-state index contributed by atoms with van der Waals surface area (Å²) in [6.07, 6.45) is 1.90. The number of para-hydroxylation sites is 1. The van der Waals surface area contributed by atoms with E-state index in [1.54, 1.807) is 31.3 Å². The molecule has 178 valence electrons. The minimum absolute atomic E-state index is 0.0412. The normalized spacial score (nSPS) is 15.7. The highest BCUT2D eigenvalue weighted by molar-refractivity contribution is 6.03. The van der Waals surface area contributed by atoms with Crippen molar-refractivity contribution in [3.8, 4) is 0 Å². The predicted molar refractivity (Wildman–Crippen MR) is 134 cm³/mol. The lowest BCUT2D eigenvalue weighted by molar-refractivity contribution is 0.0899. The molecule has 2 aromatic carbocycles. The minimum atomic E-state index is -0.386. The molecular weight excluding hydrogens is 430 g/mol. The van der Waals surface area contributed by atoms with Gasteiger partial charge in [0.2, 0.25) is 5.95 Å². The summed E-state index contributed by atoms with van der Waals surface area (Å²) in [7, 11) is 1.72. The first kappa shape index (κ1) is 23.3. The summed E-state index contributed by atoms with van der Waals surface area (Å²) in [6, 6.07) is 16.5. The molecule has 1 unspecified atom stereocenters. The number of ketones is 1. The number of carbonyl (C=O) groups excluding carboxylic acids is 2. The van der Waals surface area contributed by atoms with Gasteiger partial charge in [0.25, 0.3) is 5.91 Å². The number of imidazole rings is 1. The Hall–Kier alpha value is -3.85. The highest BCUT2D eigenvalue weighted by atomic mass is 16.2. The van der Waals surface area contributed by atoms with Crippen LogP contribution in [0.4, 0.5) is 17.5 Å². The fraction of sp³-hybridized carbons (Fsp3) is 0.320. The van der Waals surface area contributed by atoms with Gasteiger partial charge >= 0.3 is 0 Å². The van der Waals surface area contributed by atoms with Crippen LogP contribution in [0.2, 0.25) is 0 Å². The van der Waals surface area contributed by atoms with Crippen LogP contribution >= 0.6 is 0 Å². The van der Waals surface area contributed by atoms with Gasteiger partial charge in [0, 0.05) is 37.4 Å². The number of anilines is 3. The Kier molecular flexibility index (Phi) is 7.12. The molecule has 6 N–H and O–H groups in total. The third-order valence-electron chi connectivity index (χ3n) is 6.03. The lowest BCUT2D eigenvalue weighted by Crippen LogP contribution is -2.44. The van der Waals surface area contributed by atoms with E-state index in [0.29, 0.717) is 41.8 Å². The van der Waals surface area contributed by atoms with E-state index in [1.165, 1.54) is 0 Å². The molecule has 4 rings (SSSR count). The van der Waals surface area contributed by atoms with Crippen LogP contribution in [0.3, 0.4) is 0 Å². The minimum Gasteiger partial charge on any atom is -0.398 e. The molecule has 3 aromatic rings. The number of nitrogens with two attached hydrogens (primary N) is 2. The van der Waals surface area contributed by atoms with E-state index in [0.717, 1.165) is 24.9 Å². The SMILES string of the molecule is CNc1nc(N2CCCC(N)C2)n(Cc2ccccc2N)c1C(=O)NCC(=O)c1ccccc1. The van der Waals surface area contributed by atoms with E-state index in [1.807, 2.05) is 34.9 Å². The zero-order valence-corrected chi connectivity index (χ0v) is 19.3. The first-order chi connectivity index (χ1) is 16.5. The van der Waals surface area contributed by atoms with E-state index in [-0.39, 0.29) is 24.3 Å². The zero-order valence-electron chi connectivity index (χ0n) is 19.3. The number of carbonyl (C=O) groups is 2. The molecule has 34 heavy (non-hydrogen) atoms. The predicted octanol–water partition coefficient (Wildman–Crippen LogP) is 2.10. The molecule has 0 aliphatic carbocycles. The summed E-state index contributed by atoms with van der Waals surface area (Å²) in [5, 5.41) is 5.81. The Balaban J connectivity index is 1.67. The molecule has 9 heteroatoms. The van der Waals surface area contributed by atoms with Gasteiger partial charge in [-0.1, -0.05) is 48.5 Å². The second kappa shape index (κ2) is 10.4. The van der Waals surface area contributed by atoms with Crippen molar-refractivity contribution in [2.75, 3.05) is 42.6 Å². The number of hydrogen-bond donors (Lipinski definition) is 4. The number of hydrogen-bond acceptors (Lipinski definition) is 7. The quantitative estimate of drug-likeness (QED) is 0.298. The average Bonchev–Trinajstić information content (AvgIpc) is 3.22. The maximum atomic E-state index is 13.4. The van der Waals surface area contributed by atoms with Crippen molar-refractivity contribution >= 4 is 29.1 Å². The van der Waals surface area contributed by atoms with Crippen molar-refractivity contribution < 1.29 is 9.59 Å². The molecular formula is C25H31N7O2. The molecule has 1 saturated heterocycles. The maximum absolute atomic E-state index is 13.4. The second-order valence-electron chi connectivity index (χ2n) is 8.46. The smallest absolute Gasteiger partial charge is 0.272 e. The fourth-order valence-corrected chi connectivity index (χ4v) is 4.25. The molecule has 1 fully saturated rings. The monoisotopic (exact) mass is 461 g/mol. The zero-order chi connectivity index (χ0) is 24.1. The number of nitrogens with one attached hydrogen (secondary N) is 2. The van der Waals surface area contributed by atoms with E-state index in [4.69, 9.17) is 16.5 Å². The topological polar surface area (TPSA) is 131 Å². The first-order valence-corrected chi connectivity index (χ1v) is 11.5. The Morgan fingerprint density at radius 3 is 2.56 bits per heavy atom. The summed E-state index contributed by atoms with van der Waals surface area (Å²) in [5.74, 6) is 0.541. The third-order valence-corrected chi connectivity index (χ3v) is 6.03. The molecule has 1 atom stereocenters. The maximum Gasteiger partial charge on any atom is 0.272 e. The van der Waals surface area contributed by atoms with E-state index < -0.39 is 0 Å². The van der Waals surface area contributed by atoms with Crippen LogP contribution < -0.4 is 27.0 Å². The van der Waals surface area contributed by atoms with Crippen LogP contribution in [0.5, 0.6) is 0 Å². The highest BCUT2D eigenvalue weighted by Gasteiger charge is 2.28. The van der Waals surface area contributed by atoms with Crippen LogP contribution in [0.1, 0.15) is 39.3 Å². The molecule has 0 radical (unpaired) electrons. The van der Waals surface area contributed by atoms with Gasteiger partial charge in [-0.2, -0.15) is 4.98 Å². The van der Waals surface area contributed by atoms with Crippen molar-refractivity contribution in [3.05, 3.63) is 71.4 Å². The van der Waals surface area contributed by atoms with Crippen LogP contribution in [0.15, 0.2) is 54.6 Å². The third kappa shape index (κ3) is 5.04. The number of amides is 1. The van der Waals surface area contributed by atoms with Gasteiger partial charge in [-0.3, -0.25) is 14.2 Å². The van der Waals surface area contributed by atoms with Crippen LogP contribution in [-0.4, -0.2) is 54.0 Å². The van der Waals surface area contributed by atoms with Crippen molar-refractivity contribution in [2.45, 2.75) is 25.4 Å². The van der Waals surface area contributed by atoms with Gasteiger partial charge in [-0.25, -0.2) is 0 Å². The Labute approximate surface area is 199 Å². The number of Topliss-reactive ketones (excluding diaryl/α,β-unsaturated/α-hetero) is 1. The summed E-state index contributed by atoms with van der Waals surface area (Å²) >= 11 is 0. The summed E-state index contributed by atoms with van der Waals surface area (Å²) in [6.45, 7) is 1.69. The number of benzene rings is 2. The molecule has 1 aliphatic heterocycles. The van der Waals surface area contributed by atoms with E-state index in [2.05, 4.69) is 15.5 Å². The summed E-state index contributed by atoms with van der Waals surface area (Å²) in [4.78, 5) is 32.8. The fourth-order valence-electron chi connectivity index (χ4n) is 4.25. The van der Waals surface area contributed by atoms with Gasteiger partial charge < -0.3 is 27.0 Å². The molecule has 1 aliphatic rings. The largest absolute Gasteiger partial charge is 0.398 e. The van der Waals surface area contributed by atoms with E-state index >= 15 is 0 Å². The Morgan fingerprint density at radius 2 is 1.85 bits per heavy atom. The number of piperidine rings is 1. The number of nitrogens with zero attached hydrogens (tertiary/aromatic N) is 3. The van der Waals surface area contributed by atoms with Crippen LogP contribution in [0.25, 0.3) is 0 Å². The van der Waals surface area contributed by atoms with Crippen molar-refractivity contribution in [2.24, 2.45) is 5.73 Å². The van der Waals surface area contributed by atoms with E-state index in [9.17, 15) is 9.59 Å². The van der Waals surface area contributed by atoms with Crippen LogP contribution in [0, 0.1) is 0 Å². The Morgan fingerprint density at radius 1 is 1.12 bits per heavy atom. The molecule has 0 bridgehead atoms. The molecule has 9 nitrogen and oxygen atoms in total. The van der Waals surface area contributed by atoms with Gasteiger partial charge in [-0.15, -0.1) is 0 Å². The average molecular weight is 462 g/mol. The first-order valence-electron chi connectivity index (χ1n) is 11.5. The second-order valence-corrected chi connectivity index (χ2v) is 8.46. The van der Waals surface area contributed by atoms with Gasteiger partial charge in [0.15, 0.2) is 17.3 Å². The Bertz CT molecular complexity index is 1160. The van der Waals surface area contributed by atoms with Gasteiger partial charge in [0.1, 0.15) is 0 Å². The molecule has 0 spiro atoms. The van der Waals surface area contributed by atoms with Crippen molar-refractivity contribution in [1.29, 1.82) is 0 Å². The molecule has 1 aromatic heterocycles. The van der Waals surface area contributed by atoms with Crippen molar-refractivity contribution in [1.82, 2.24) is 14.9 Å². The summed E-state index contributed by atoms with van der Waals surface area (Å²) < 4.78 is 1.86. The van der Waals surface area contributed by atoms with Gasteiger partial charge in [-0.05, 0) is 24.5 Å². The highest BCUT2D eigenvalue weighted by Crippen LogP contribution is 2.28. The molecule has 1 amide bonds.